The van der Waals surface area contributed by atoms with Gasteiger partial charge in [-0.3, -0.25) is 0 Å². The molecule has 9 heteroatoms. The molecule has 0 saturated carbocycles. The van der Waals surface area contributed by atoms with Gasteiger partial charge in [0.1, 0.15) is 10.0 Å². The van der Waals surface area contributed by atoms with E-state index >= 15 is 0 Å². The molecule has 1 aromatic carbocycles. The van der Waals surface area contributed by atoms with E-state index in [0.29, 0.717) is 22.1 Å². The zero-order chi connectivity index (χ0) is 16.2. The van der Waals surface area contributed by atoms with E-state index in [2.05, 4.69) is 20.7 Å². The lowest BCUT2D eigenvalue weighted by molar-refractivity contribution is 0.586. The van der Waals surface area contributed by atoms with Crippen LogP contribution in [0.3, 0.4) is 0 Å². The van der Waals surface area contributed by atoms with Crippen molar-refractivity contribution in [3.8, 4) is 0 Å². The van der Waals surface area contributed by atoms with Gasteiger partial charge >= 0.3 is 0 Å². The Bertz CT molecular complexity index is 731. The number of halogens is 3. The van der Waals surface area contributed by atoms with Gasteiger partial charge in [-0.05, 0) is 40.2 Å². The van der Waals surface area contributed by atoms with Gasteiger partial charge in [0.25, 0.3) is 0 Å². The molecule has 3 nitrogen and oxygen atoms in total. The van der Waals surface area contributed by atoms with E-state index in [1.54, 1.807) is 24.3 Å². The van der Waals surface area contributed by atoms with Crippen molar-refractivity contribution in [1.29, 1.82) is 0 Å². The van der Waals surface area contributed by atoms with Crippen molar-refractivity contribution in [2.45, 2.75) is 9.96 Å². The highest BCUT2D eigenvalue weighted by Crippen LogP contribution is 2.26. The van der Waals surface area contributed by atoms with Crippen LogP contribution in [0.25, 0.3) is 0 Å². The predicted octanol–water partition coefficient (Wildman–Crippen LogP) is 4.51. The molecule has 22 heavy (non-hydrogen) atoms. The lowest BCUT2D eigenvalue weighted by Gasteiger charge is -2.07. The van der Waals surface area contributed by atoms with Gasteiger partial charge in [-0.1, -0.05) is 17.7 Å². The minimum atomic E-state index is -3.48. The van der Waals surface area contributed by atoms with E-state index in [1.807, 2.05) is 0 Å². The molecule has 0 saturated heterocycles. The molecule has 0 bridgehead atoms. The Morgan fingerprint density at radius 1 is 1.32 bits per heavy atom. The molecule has 0 unspecified atom stereocenters. The van der Waals surface area contributed by atoms with Gasteiger partial charge in [0.15, 0.2) is 0 Å². The first kappa shape index (κ1) is 18.2. The number of hydrogen-bond acceptors (Lipinski definition) is 4. The summed E-state index contributed by atoms with van der Waals surface area (Å²) in [4.78, 5) is 0. The van der Waals surface area contributed by atoms with Crippen LogP contribution in [0.5, 0.6) is 0 Å². The second kappa shape index (κ2) is 8.12. The van der Waals surface area contributed by atoms with E-state index in [4.69, 9.17) is 11.6 Å². The molecule has 1 N–H and O–H groups in total. The molecule has 0 amide bonds. The summed E-state index contributed by atoms with van der Waals surface area (Å²) in [6, 6.07) is 7.79. The molecule has 1 heterocycles. The van der Waals surface area contributed by atoms with E-state index in [-0.39, 0.29) is 16.6 Å². The fourth-order valence-electron chi connectivity index (χ4n) is 1.61. The van der Waals surface area contributed by atoms with Gasteiger partial charge in [-0.15, -0.1) is 11.3 Å². The zero-order valence-electron chi connectivity index (χ0n) is 11.2. The topological polar surface area (TPSA) is 46.2 Å². The van der Waals surface area contributed by atoms with Crippen LogP contribution in [-0.2, 0) is 15.8 Å². The molecule has 0 fully saturated rings. The number of sulfonamides is 1. The Morgan fingerprint density at radius 3 is 2.73 bits per heavy atom. The van der Waals surface area contributed by atoms with Crippen molar-refractivity contribution in [3.05, 3.63) is 50.5 Å². The average Bonchev–Trinajstić information content (AvgIpc) is 2.89. The quantitative estimate of drug-likeness (QED) is 0.639. The van der Waals surface area contributed by atoms with Crippen LogP contribution in [0.2, 0.25) is 5.02 Å². The molecule has 0 aliphatic heterocycles. The molecule has 0 radical (unpaired) electrons. The average molecular weight is 445 g/mol. The lowest BCUT2D eigenvalue weighted by Crippen LogP contribution is -2.25. The fraction of sp³-hybridized carbons (Fsp3) is 0.231. The molecule has 0 aliphatic rings. The van der Waals surface area contributed by atoms with E-state index in [9.17, 15) is 12.8 Å². The number of nitrogens with one attached hydrogen (secondary N) is 1. The van der Waals surface area contributed by atoms with Gasteiger partial charge in [0, 0.05) is 28.6 Å². The third kappa shape index (κ3) is 4.94. The van der Waals surface area contributed by atoms with Crippen molar-refractivity contribution in [3.63, 3.8) is 0 Å². The molecular weight excluding hydrogens is 433 g/mol. The van der Waals surface area contributed by atoms with Crippen LogP contribution in [0, 0.1) is 5.82 Å². The predicted molar refractivity (Wildman–Crippen MR) is 94.8 cm³/mol. The lowest BCUT2D eigenvalue weighted by atomic mass is 10.2. The third-order valence-corrected chi connectivity index (χ3v) is 7.58. The first-order valence-electron chi connectivity index (χ1n) is 6.16. The van der Waals surface area contributed by atoms with Crippen LogP contribution in [0.4, 0.5) is 4.39 Å². The Morgan fingerprint density at radius 2 is 2.09 bits per heavy atom. The SMILES string of the molecule is O=S(=O)(NCCSCc1c(F)cccc1Cl)c1ccc(Br)s1. The standard InChI is InChI=1S/C13H12BrClFNO2S3/c14-12-4-5-13(21-12)22(18,19)17-6-7-20-8-9-10(15)2-1-3-11(9)16/h1-5,17H,6-8H2. The van der Waals surface area contributed by atoms with Crippen molar-refractivity contribution in [2.24, 2.45) is 0 Å². The smallest absolute Gasteiger partial charge is 0.210 e. The van der Waals surface area contributed by atoms with Gasteiger partial charge < -0.3 is 0 Å². The second-order valence-corrected chi connectivity index (χ2v) is 10.2. The van der Waals surface area contributed by atoms with E-state index < -0.39 is 10.0 Å². The summed E-state index contributed by atoms with van der Waals surface area (Å²) < 4.78 is 41.1. The molecule has 2 aromatic rings. The summed E-state index contributed by atoms with van der Waals surface area (Å²) in [5.41, 5.74) is 0.444. The molecule has 2 rings (SSSR count). The van der Waals surface area contributed by atoms with Gasteiger partial charge in [-0.2, -0.15) is 11.8 Å². The van der Waals surface area contributed by atoms with E-state index in [1.165, 1.54) is 17.8 Å². The highest BCUT2D eigenvalue weighted by Gasteiger charge is 2.15. The minimum Gasteiger partial charge on any atom is -0.210 e. The molecule has 120 valence electrons. The van der Waals surface area contributed by atoms with Crippen LogP contribution in [0.15, 0.2) is 38.3 Å². The summed E-state index contributed by atoms with van der Waals surface area (Å²) in [6.07, 6.45) is 0. The summed E-state index contributed by atoms with van der Waals surface area (Å²) in [5.74, 6) is 0.581. The first-order valence-corrected chi connectivity index (χ1v) is 10.8. The number of thiophene rings is 1. The number of thioether (sulfide) groups is 1. The van der Waals surface area contributed by atoms with Crippen molar-refractivity contribution in [2.75, 3.05) is 12.3 Å². The van der Waals surface area contributed by atoms with E-state index in [0.717, 1.165) is 15.1 Å². The maximum absolute atomic E-state index is 13.6. The summed E-state index contributed by atoms with van der Waals surface area (Å²) in [5, 5.41) is 0.386. The third-order valence-electron chi connectivity index (χ3n) is 2.66. The fourth-order valence-corrected chi connectivity index (χ4v) is 6.02. The number of hydrogen-bond donors (Lipinski definition) is 1. The molecule has 0 spiro atoms. The van der Waals surface area contributed by atoms with Crippen LogP contribution < -0.4 is 4.72 Å². The Kier molecular flexibility index (Phi) is 6.73. The monoisotopic (exact) mass is 443 g/mol. The Labute approximate surface area is 150 Å². The summed E-state index contributed by atoms with van der Waals surface area (Å²) >= 11 is 11.7. The summed E-state index contributed by atoms with van der Waals surface area (Å²) in [7, 11) is -3.48. The second-order valence-electron chi connectivity index (χ2n) is 4.21. The van der Waals surface area contributed by atoms with Crippen molar-refractivity contribution < 1.29 is 12.8 Å². The molecular formula is C13H12BrClFNO2S3. The minimum absolute atomic E-state index is 0.265. The van der Waals surface area contributed by atoms with Crippen LogP contribution in [0.1, 0.15) is 5.56 Å². The van der Waals surface area contributed by atoms with Crippen molar-refractivity contribution in [1.82, 2.24) is 4.72 Å². The molecule has 0 aliphatic carbocycles. The highest BCUT2D eigenvalue weighted by atomic mass is 79.9. The largest absolute Gasteiger partial charge is 0.250 e. The maximum atomic E-state index is 13.6. The maximum Gasteiger partial charge on any atom is 0.250 e. The van der Waals surface area contributed by atoms with Crippen LogP contribution in [-0.4, -0.2) is 20.7 Å². The highest BCUT2D eigenvalue weighted by molar-refractivity contribution is 9.11. The Hall–Kier alpha value is -0.120. The van der Waals surface area contributed by atoms with Crippen molar-refractivity contribution >= 4 is 60.7 Å². The number of benzene rings is 1. The molecule has 0 atom stereocenters. The number of rotatable bonds is 7. The van der Waals surface area contributed by atoms with Crippen LogP contribution >= 0.6 is 50.6 Å². The zero-order valence-corrected chi connectivity index (χ0v) is 16.0. The van der Waals surface area contributed by atoms with Gasteiger partial charge in [0.2, 0.25) is 10.0 Å². The molecule has 1 aromatic heterocycles. The van der Waals surface area contributed by atoms with Gasteiger partial charge in [-0.25, -0.2) is 17.5 Å². The van der Waals surface area contributed by atoms with Gasteiger partial charge in [0.05, 0.1) is 3.79 Å². The first-order chi connectivity index (χ1) is 10.4. The Balaban J connectivity index is 1.80. The summed E-state index contributed by atoms with van der Waals surface area (Å²) in [6.45, 7) is 0.272. The normalized spacial score (nSPS) is 11.8.